The molecule has 2 saturated carbocycles. The van der Waals surface area contributed by atoms with Crippen LogP contribution in [-0.2, 0) is 4.74 Å². The first kappa shape index (κ1) is 17.6. The van der Waals surface area contributed by atoms with Crippen LogP contribution in [0.15, 0.2) is 0 Å². The summed E-state index contributed by atoms with van der Waals surface area (Å²) in [6, 6.07) is 1.21. The van der Waals surface area contributed by atoms with Crippen molar-refractivity contribution in [2.75, 3.05) is 6.54 Å². The third-order valence-electron chi connectivity index (χ3n) is 4.82. The molecule has 0 heterocycles. The normalized spacial score (nSPS) is 26.7. The van der Waals surface area contributed by atoms with Gasteiger partial charge in [0.15, 0.2) is 0 Å². The molecule has 3 atom stereocenters. The van der Waals surface area contributed by atoms with Crippen LogP contribution in [0.2, 0.25) is 0 Å². The van der Waals surface area contributed by atoms with Crippen molar-refractivity contribution >= 4 is 6.09 Å². The number of carbonyl (C=O) groups excluding carboxylic acids is 1. The highest BCUT2D eigenvalue weighted by Gasteiger charge is 2.31. The molecular weight excluding hydrogens is 276 g/mol. The molecule has 0 aromatic rings. The monoisotopic (exact) mass is 310 g/mol. The molecule has 2 aliphatic rings. The van der Waals surface area contributed by atoms with E-state index in [0.29, 0.717) is 18.0 Å². The lowest BCUT2D eigenvalue weighted by Crippen LogP contribution is -2.44. The van der Waals surface area contributed by atoms with Crippen LogP contribution in [0, 0.1) is 11.8 Å². The molecule has 0 aliphatic heterocycles. The summed E-state index contributed by atoms with van der Waals surface area (Å²) >= 11 is 0. The van der Waals surface area contributed by atoms with Crippen LogP contribution in [0.5, 0.6) is 0 Å². The third-order valence-corrected chi connectivity index (χ3v) is 4.82. The Morgan fingerprint density at radius 3 is 2.55 bits per heavy atom. The summed E-state index contributed by atoms with van der Waals surface area (Å²) < 4.78 is 5.33. The second kappa shape index (κ2) is 7.67. The quantitative estimate of drug-likeness (QED) is 0.751. The van der Waals surface area contributed by atoms with E-state index in [1.54, 1.807) is 0 Å². The Labute approximate surface area is 135 Å². The second-order valence-electron chi connectivity index (χ2n) is 8.13. The lowest BCUT2D eigenvalue weighted by Gasteiger charge is -2.27. The van der Waals surface area contributed by atoms with Crippen molar-refractivity contribution in [2.24, 2.45) is 11.8 Å². The molecule has 2 aliphatic carbocycles. The third kappa shape index (κ3) is 6.15. The fourth-order valence-electron chi connectivity index (χ4n) is 3.44. The van der Waals surface area contributed by atoms with E-state index in [1.165, 1.54) is 44.9 Å². The van der Waals surface area contributed by atoms with E-state index in [2.05, 4.69) is 17.6 Å². The van der Waals surface area contributed by atoms with Crippen molar-refractivity contribution < 1.29 is 9.53 Å². The number of carbonyl (C=O) groups is 1. The number of nitrogens with one attached hydrogen (secondary N) is 2. The van der Waals surface area contributed by atoms with Gasteiger partial charge in [0.2, 0.25) is 0 Å². The predicted octanol–water partition coefficient (Wildman–Crippen LogP) is 3.85. The van der Waals surface area contributed by atoms with Crippen LogP contribution in [0.3, 0.4) is 0 Å². The SMILES string of the molecule is CCC(CC1CC1)NC1CCCC1CNC(=O)OC(C)(C)C. The zero-order valence-corrected chi connectivity index (χ0v) is 14.8. The number of rotatable bonds is 7. The molecule has 3 unspecified atom stereocenters. The van der Waals surface area contributed by atoms with Gasteiger partial charge in [-0.05, 0) is 58.3 Å². The molecule has 4 heteroatoms. The molecule has 0 aromatic heterocycles. The van der Waals surface area contributed by atoms with Crippen LogP contribution in [0.25, 0.3) is 0 Å². The Morgan fingerprint density at radius 2 is 1.95 bits per heavy atom. The van der Waals surface area contributed by atoms with Gasteiger partial charge in [-0.2, -0.15) is 0 Å². The molecule has 0 saturated heterocycles. The number of hydrogen-bond donors (Lipinski definition) is 2. The Balaban J connectivity index is 1.73. The molecule has 4 nitrogen and oxygen atoms in total. The van der Waals surface area contributed by atoms with Gasteiger partial charge in [-0.3, -0.25) is 0 Å². The average molecular weight is 310 g/mol. The van der Waals surface area contributed by atoms with Crippen molar-refractivity contribution in [3.8, 4) is 0 Å². The largest absolute Gasteiger partial charge is 0.444 e. The van der Waals surface area contributed by atoms with Gasteiger partial charge in [0.25, 0.3) is 0 Å². The van der Waals surface area contributed by atoms with E-state index in [1.807, 2.05) is 20.8 Å². The van der Waals surface area contributed by atoms with Gasteiger partial charge in [0, 0.05) is 18.6 Å². The highest BCUT2D eigenvalue weighted by atomic mass is 16.6. The molecule has 0 aromatic carbocycles. The van der Waals surface area contributed by atoms with Crippen molar-refractivity contribution in [2.45, 2.75) is 90.3 Å². The zero-order valence-electron chi connectivity index (χ0n) is 14.8. The number of ether oxygens (including phenoxy) is 1. The van der Waals surface area contributed by atoms with Gasteiger partial charge in [0.1, 0.15) is 5.60 Å². The predicted molar refractivity (Wildman–Crippen MR) is 89.9 cm³/mol. The van der Waals surface area contributed by atoms with Gasteiger partial charge >= 0.3 is 6.09 Å². The van der Waals surface area contributed by atoms with Crippen LogP contribution in [0.1, 0.15) is 72.6 Å². The van der Waals surface area contributed by atoms with Crippen molar-refractivity contribution in [3.63, 3.8) is 0 Å². The summed E-state index contributed by atoms with van der Waals surface area (Å²) in [6.07, 6.45) is 8.80. The topological polar surface area (TPSA) is 50.4 Å². The van der Waals surface area contributed by atoms with Crippen LogP contribution >= 0.6 is 0 Å². The van der Waals surface area contributed by atoms with Crippen molar-refractivity contribution in [1.29, 1.82) is 0 Å². The van der Waals surface area contributed by atoms with Crippen molar-refractivity contribution in [1.82, 2.24) is 10.6 Å². The van der Waals surface area contributed by atoms with E-state index in [9.17, 15) is 4.79 Å². The van der Waals surface area contributed by atoms with E-state index in [4.69, 9.17) is 4.74 Å². The van der Waals surface area contributed by atoms with Crippen LogP contribution in [0.4, 0.5) is 4.79 Å². The summed E-state index contributed by atoms with van der Waals surface area (Å²) in [5.74, 6) is 1.51. The van der Waals surface area contributed by atoms with Crippen LogP contribution in [-0.4, -0.2) is 30.3 Å². The maximum Gasteiger partial charge on any atom is 0.407 e. The Kier molecular flexibility index (Phi) is 6.13. The Bertz CT molecular complexity index is 361. The molecule has 2 N–H and O–H groups in total. The minimum atomic E-state index is -0.422. The Morgan fingerprint density at radius 1 is 1.23 bits per heavy atom. The fraction of sp³-hybridized carbons (Fsp3) is 0.944. The zero-order chi connectivity index (χ0) is 16.2. The van der Waals surface area contributed by atoms with E-state index in [-0.39, 0.29) is 6.09 Å². The number of hydrogen-bond acceptors (Lipinski definition) is 3. The van der Waals surface area contributed by atoms with Crippen molar-refractivity contribution in [3.05, 3.63) is 0 Å². The summed E-state index contributed by atoms with van der Waals surface area (Å²) in [5, 5.41) is 6.82. The molecule has 0 spiro atoms. The fourth-order valence-corrected chi connectivity index (χ4v) is 3.44. The van der Waals surface area contributed by atoms with E-state index >= 15 is 0 Å². The highest BCUT2D eigenvalue weighted by Crippen LogP contribution is 2.35. The molecule has 0 radical (unpaired) electrons. The minimum absolute atomic E-state index is 0.289. The smallest absolute Gasteiger partial charge is 0.407 e. The first-order valence-electron chi connectivity index (χ1n) is 9.10. The standard InChI is InChI=1S/C18H34N2O2/c1-5-15(11-13-9-10-13)20-16-8-6-7-14(16)12-19-17(21)22-18(2,3)4/h13-16,20H,5-12H2,1-4H3,(H,19,21). The van der Waals surface area contributed by atoms with Gasteiger partial charge in [-0.25, -0.2) is 4.79 Å². The molecule has 22 heavy (non-hydrogen) atoms. The lowest BCUT2D eigenvalue weighted by molar-refractivity contribution is 0.0517. The first-order valence-corrected chi connectivity index (χ1v) is 9.10. The average Bonchev–Trinajstić information content (AvgIpc) is 3.12. The second-order valence-corrected chi connectivity index (χ2v) is 8.13. The first-order chi connectivity index (χ1) is 10.4. The molecule has 2 rings (SSSR count). The summed E-state index contributed by atoms with van der Waals surface area (Å²) in [5.41, 5.74) is -0.422. The van der Waals surface area contributed by atoms with Gasteiger partial charge < -0.3 is 15.4 Å². The minimum Gasteiger partial charge on any atom is -0.444 e. The Hall–Kier alpha value is -0.770. The molecule has 128 valence electrons. The summed E-state index contributed by atoms with van der Waals surface area (Å²) in [6.45, 7) is 8.71. The number of alkyl carbamates (subject to hydrolysis) is 1. The highest BCUT2D eigenvalue weighted by molar-refractivity contribution is 5.67. The molecule has 1 amide bonds. The van der Waals surface area contributed by atoms with Gasteiger partial charge in [-0.15, -0.1) is 0 Å². The van der Waals surface area contributed by atoms with E-state index in [0.717, 1.165) is 12.5 Å². The lowest BCUT2D eigenvalue weighted by atomic mass is 10.00. The maximum absolute atomic E-state index is 11.8. The molecular formula is C18H34N2O2. The van der Waals surface area contributed by atoms with Gasteiger partial charge in [-0.1, -0.05) is 26.2 Å². The van der Waals surface area contributed by atoms with Crippen LogP contribution < -0.4 is 10.6 Å². The summed E-state index contributed by atoms with van der Waals surface area (Å²) in [4.78, 5) is 11.8. The van der Waals surface area contributed by atoms with E-state index < -0.39 is 5.60 Å². The molecule has 2 fully saturated rings. The number of amides is 1. The van der Waals surface area contributed by atoms with Gasteiger partial charge in [0.05, 0.1) is 0 Å². The molecule has 0 bridgehead atoms. The summed E-state index contributed by atoms with van der Waals surface area (Å²) in [7, 11) is 0. The maximum atomic E-state index is 11.8.